The maximum Gasteiger partial charge on any atom is 0.283 e. The number of aromatic nitrogens is 2. The van der Waals surface area contributed by atoms with Gasteiger partial charge in [-0.05, 0) is 15.9 Å². The topological polar surface area (TPSA) is 101 Å². The number of halogens is 1. The van der Waals surface area contributed by atoms with Crippen LogP contribution in [0.2, 0.25) is 0 Å². The Kier molecular flexibility index (Phi) is 4.07. The average molecular weight is 350 g/mol. The Balaban J connectivity index is 2.21. The molecule has 0 bridgehead atoms. The third kappa shape index (κ3) is 3.23. The number of aliphatic hydroxyl groups excluding tert-OH is 1. The van der Waals surface area contributed by atoms with E-state index in [0.29, 0.717) is 5.69 Å². The lowest BCUT2D eigenvalue weighted by molar-refractivity contribution is 0.266. The van der Waals surface area contributed by atoms with Gasteiger partial charge in [-0.2, -0.15) is 5.10 Å². The Hall–Kier alpha value is -1.19. The number of rotatable bonds is 4. The van der Waals surface area contributed by atoms with Gasteiger partial charge < -0.3 is 10.4 Å². The lowest BCUT2D eigenvalue weighted by atomic mass is 10.3. The number of aliphatic hydroxyl groups is 1. The first-order valence-electron chi connectivity index (χ1n) is 5.47. The van der Waals surface area contributed by atoms with E-state index < -0.39 is 9.84 Å². The molecule has 0 fully saturated rings. The van der Waals surface area contributed by atoms with Crippen LogP contribution in [0.25, 0.3) is 0 Å². The lowest BCUT2D eigenvalue weighted by Gasteiger charge is -2.13. The van der Waals surface area contributed by atoms with Gasteiger partial charge in [0.05, 0.1) is 36.8 Å². The molecule has 0 aromatic carbocycles. The maximum absolute atomic E-state index is 11.8. The van der Waals surface area contributed by atoms with Gasteiger partial charge in [0.15, 0.2) is 9.84 Å². The molecule has 0 amide bonds. The van der Waals surface area contributed by atoms with E-state index in [2.05, 4.69) is 26.3 Å². The van der Waals surface area contributed by atoms with Crippen molar-refractivity contribution in [2.24, 2.45) is 0 Å². The Morgan fingerprint density at radius 1 is 1.58 bits per heavy atom. The van der Waals surface area contributed by atoms with Crippen LogP contribution in [0.1, 0.15) is 0 Å². The lowest BCUT2D eigenvalue weighted by Crippen LogP contribution is -2.28. The van der Waals surface area contributed by atoms with Crippen LogP contribution in [0.15, 0.2) is 26.9 Å². The fourth-order valence-electron chi connectivity index (χ4n) is 1.69. The van der Waals surface area contributed by atoms with Crippen molar-refractivity contribution >= 4 is 31.5 Å². The Morgan fingerprint density at radius 3 is 2.89 bits per heavy atom. The van der Waals surface area contributed by atoms with E-state index >= 15 is 0 Å². The first-order valence-corrected chi connectivity index (χ1v) is 7.98. The molecule has 0 saturated heterocycles. The molecule has 19 heavy (non-hydrogen) atoms. The van der Waals surface area contributed by atoms with Crippen LogP contribution in [-0.2, 0) is 16.4 Å². The van der Waals surface area contributed by atoms with Crippen LogP contribution in [-0.4, -0.2) is 41.7 Å². The summed E-state index contributed by atoms with van der Waals surface area (Å²) in [6, 6.07) is -0.379. The molecule has 0 saturated carbocycles. The standard InChI is InChI=1S/C10H12BrN3O4S/c11-9-8(5-12-14(2-3-15)10(9)16)13-7-1-4-19(17,18)6-7/h1,4-5,7,13,15H,2-3,6H2. The van der Waals surface area contributed by atoms with E-state index in [9.17, 15) is 13.2 Å². The summed E-state index contributed by atoms with van der Waals surface area (Å²) in [6.45, 7) is -0.0782. The van der Waals surface area contributed by atoms with E-state index in [1.807, 2.05) is 0 Å². The van der Waals surface area contributed by atoms with Crippen LogP contribution in [0, 0.1) is 0 Å². The zero-order valence-corrected chi connectivity index (χ0v) is 12.2. The van der Waals surface area contributed by atoms with E-state index in [0.717, 1.165) is 10.1 Å². The molecule has 1 aromatic heterocycles. The van der Waals surface area contributed by atoms with Gasteiger partial charge in [-0.25, -0.2) is 13.1 Å². The predicted molar refractivity (Wildman–Crippen MR) is 73.6 cm³/mol. The van der Waals surface area contributed by atoms with Gasteiger partial charge in [0, 0.05) is 5.41 Å². The average Bonchev–Trinajstić information content (AvgIpc) is 2.69. The SMILES string of the molecule is O=c1c(Br)c(NC2C=CS(=O)(=O)C2)cnn1CCO. The van der Waals surface area contributed by atoms with E-state index in [1.165, 1.54) is 12.3 Å². The highest BCUT2D eigenvalue weighted by atomic mass is 79.9. The third-order valence-electron chi connectivity index (χ3n) is 2.57. The fraction of sp³-hybridized carbons (Fsp3) is 0.400. The second-order valence-corrected chi connectivity index (χ2v) is 6.76. The minimum Gasteiger partial charge on any atom is -0.394 e. The summed E-state index contributed by atoms with van der Waals surface area (Å²) in [5, 5.41) is 16.7. The third-order valence-corrected chi connectivity index (χ3v) is 4.73. The van der Waals surface area contributed by atoms with Gasteiger partial charge in [0.25, 0.3) is 5.56 Å². The first-order chi connectivity index (χ1) is 8.93. The summed E-state index contributed by atoms with van der Waals surface area (Å²) in [6.07, 6.45) is 2.95. The van der Waals surface area contributed by atoms with Crippen molar-refractivity contribution in [2.45, 2.75) is 12.6 Å². The number of sulfone groups is 1. The Bertz CT molecular complexity index is 668. The van der Waals surface area contributed by atoms with Crippen molar-refractivity contribution in [1.29, 1.82) is 0 Å². The molecule has 1 atom stereocenters. The highest BCUT2D eigenvalue weighted by Crippen LogP contribution is 2.20. The second-order valence-electron chi connectivity index (χ2n) is 4.03. The van der Waals surface area contributed by atoms with Gasteiger partial charge in [0.1, 0.15) is 4.47 Å². The predicted octanol–water partition coefficient (Wildman–Crippen LogP) is -0.279. The van der Waals surface area contributed by atoms with Crippen molar-refractivity contribution in [3.8, 4) is 0 Å². The summed E-state index contributed by atoms with van der Waals surface area (Å²) in [5.41, 5.74) is 0.0369. The van der Waals surface area contributed by atoms with E-state index in [4.69, 9.17) is 5.11 Å². The molecule has 1 unspecified atom stereocenters. The minimum atomic E-state index is -3.15. The number of hydrogen-bond donors (Lipinski definition) is 2. The van der Waals surface area contributed by atoms with Crippen LogP contribution < -0.4 is 10.9 Å². The van der Waals surface area contributed by atoms with Crippen molar-refractivity contribution in [1.82, 2.24) is 9.78 Å². The van der Waals surface area contributed by atoms with Crippen molar-refractivity contribution < 1.29 is 13.5 Å². The number of nitrogens with zero attached hydrogens (tertiary/aromatic N) is 2. The molecular formula is C10H12BrN3O4S. The van der Waals surface area contributed by atoms with Gasteiger partial charge in [-0.3, -0.25) is 4.79 Å². The normalized spacial score (nSPS) is 20.6. The minimum absolute atomic E-state index is 0.0425. The van der Waals surface area contributed by atoms with Gasteiger partial charge in [0.2, 0.25) is 0 Å². The number of hydrogen-bond acceptors (Lipinski definition) is 6. The van der Waals surface area contributed by atoms with Crippen molar-refractivity contribution in [3.05, 3.63) is 32.5 Å². The molecule has 1 aliphatic heterocycles. The molecule has 0 aliphatic carbocycles. The maximum atomic E-state index is 11.8. The highest BCUT2D eigenvalue weighted by Gasteiger charge is 2.22. The summed E-state index contributed by atoms with van der Waals surface area (Å²) < 4.78 is 23.9. The number of anilines is 1. The molecule has 2 heterocycles. The molecule has 104 valence electrons. The Morgan fingerprint density at radius 2 is 2.32 bits per heavy atom. The van der Waals surface area contributed by atoms with Crippen molar-refractivity contribution in [3.63, 3.8) is 0 Å². The molecule has 2 rings (SSSR count). The smallest absolute Gasteiger partial charge is 0.283 e. The first kappa shape index (κ1) is 14.2. The van der Waals surface area contributed by atoms with Crippen LogP contribution >= 0.6 is 15.9 Å². The molecule has 1 aliphatic rings. The molecule has 7 nitrogen and oxygen atoms in total. The highest BCUT2D eigenvalue weighted by molar-refractivity contribution is 9.10. The summed E-state index contributed by atoms with van der Waals surface area (Å²) in [5.74, 6) is -0.0425. The van der Waals surface area contributed by atoms with Gasteiger partial charge in [-0.1, -0.05) is 6.08 Å². The van der Waals surface area contributed by atoms with E-state index in [1.54, 1.807) is 0 Å². The molecule has 9 heteroatoms. The van der Waals surface area contributed by atoms with Crippen molar-refractivity contribution in [2.75, 3.05) is 17.7 Å². The molecule has 2 N–H and O–H groups in total. The molecule has 0 radical (unpaired) electrons. The summed E-state index contributed by atoms with van der Waals surface area (Å²) in [4.78, 5) is 11.8. The van der Waals surface area contributed by atoms with Gasteiger partial charge in [-0.15, -0.1) is 0 Å². The Labute approximate surface area is 118 Å². The zero-order valence-electron chi connectivity index (χ0n) is 9.78. The number of nitrogens with one attached hydrogen (secondary N) is 1. The molecular weight excluding hydrogens is 338 g/mol. The quantitative estimate of drug-likeness (QED) is 0.775. The van der Waals surface area contributed by atoms with Crippen LogP contribution in [0.3, 0.4) is 0 Å². The fourth-order valence-corrected chi connectivity index (χ4v) is 3.34. The summed E-state index contributed by atoms with van der Waals surface area (Å²) in [7, 11) is -3.15. The largest absolute Gasteiger partial charge is 0.394 e. The van der Waals surface area contributed by atoms with Crippen LogP contribution in [0.5, 0.6) is 0 Å². The van der Waals surface area contributed by atoms with E-state index in [-0.39, 0.29) is 35.0 Å². The zero-order chi connectivity index (χ0) is 14.0. The van der Waals surface area contributed by atoms with Gasteiger partial charge >= 0.3 is 0 Å². The molecule has 0 spiro atoms. The monoisotopic (exact) mass is 349 g/mol. The second kappa shape index (κ2) is 5.43. The van der Waals surface area contributed by atoms with Crippen LogP contribution in [0.4, 0.5) is 5.69 Å². The summed E-state index contributed by atoms with van der Waals surface area (Å²) >= 11 is 3.15. The molecule has 1 aromatic rings.